The van der Waals surface area contributed by atoms with Crippen molar-refractivity contribution in [3.8, 4) is 0 Å². The average Bonchev–Trinajstić information content (AvgIpc) is 2.70. The molecule has 2 aromatic carbocycles. The van der Waals surface area contributed by atoms with Crippen LogP contribution in [0.3, 0.4) is 0 Å². The van der Waals surface area contributed by atoms with E-state index in [2.05, 4.69) is 66.5 Å². The van der Waals surface area contributed by atoms with Crippen molar-refractivity contribution in [3.05, 3.63) is 83.4 Å². The Kier molecular flexibility index (Phi) is 4.44. The first-order valence-corrected chi connectivity index (χ1v) is 8.24. The molecule has 1 nitrogen and oxygen atoms in total. The number of hydrogen-bond donors (Lipinski definition) is 1. The van der Waals surface area contributed by atoms with Crippen LogP contribution < -0.4 is 5.32 Å². The molecule has 0 radical (unpaired) electrons. The Balaban J connectivity index is 2.25. The lowest BCUT2D eigenvalue weighted by Crippen LogP contribution is -2.32. The molecule has 0 amide bonds. The van der Waals surface area contributed by atoms with Gasteiger partial charge in [-0.25, -0.2) is 0 Å². The van der Waals surface area contributed by atoms with Gasteiger partial charge in [-0.3, -0.25) is 0 Å². The van der Waals surface area contributed by atoms with Crippen LogP contribution in [0.5, 0.6) is 0 Å². The van der Waals surface area contributed by atoms with Gasteiger partial charge in [0.05, 0.1) is 0 Å². The molecule has 2 aromatic rings. The van der Waals surface area contributed by atoms with Gasteiger partial charge in [-0.1, -0.05) is 54.6 Å². The first-order valence-electron chi connectivity index (χ1n) is 8.24. The monoisotopic (exact) mass is 291 g/mol. The van der Waals surface area contributed by atoms with E-state index < -0.39 is 0 Å². The smallest absolute Gasteiger partial charge is 0.0254 e. The van der Waals surface area contributed by atoms with Crippen molar-refractivity contribution >= 4 is 0 Å². The molecule has 0 spiro atoms. The first kappa shape index (κ1) is 15.1. The topological polar surface area (TPSA) is 12.0 Å². The van der Waals surface area contributed by atoms with E-state index >= 15 is 0 Å². The summed E-state index contributed by atoms with van der Waals surface area (Å²) in [5, 5.41) is 3.35. The van der Waals surface area contributed by atoms with Crippen LogP contribution in [-0.4, -0.2) is 13.6 Å². The van der Waals surface area contributed by atoms with Gasteiger partial charge in [-0.15, -0.1) is 6.58 Å². The zero-order valence-corrected chi connectivity index (χ0v) is 13.4. The highest BCUT2D eigenvalue weighted by molar-refractivity contribution is 5.50. The number of rotatable bonds is 5. The normalized spacial score (nSPS) is 15.5. The molecule has 0 unspecified atom stereocenters. The summed E-state index contributed by atoms with van der Waals surface area (Å²) in [6.45, 7) is 5.07. The maximum atomic E-state index is 4.06. The fourth-order valence-corrected chi connectivity index (χ4v) is 4.00. The number of aryl methyl sites for hydroxylation is 2. The van der Waals surface area contributed by atoms with E-state index in [1.807, 2.05) is 7.05 Å². The zero-order valence-electron chi connectivity index (χ0n) is 13.4. The molecule has 0 saturated heterocycles. The van der Waals surface area contributed by atoms with Crippen molar-refractivity contribution in [2.24, 2.45) is 0 Å². The minimum absolute atomic E-state index is 0.0500. The van der Waals surface area contributed by atoms with Crippen LogP contribution in [0.25, 0.3) is 0 Å². The number of nitrogens with one attached hydrogen (secondary N) is 1. The molecule has 0 bridgehead atoms. The Labute approximate surface area is 134 Å². The molecule has 1 aliphatic carbocycles. The molecule has 114 valence electrons. The second-order valence-corrected chi connectivity index (χ2v) is 6.24. The molecule has 0 aromatic heterocycles. The minimum Gasteiger partial charge on any atom is -0.320 e. The number of allylic oxidation sites excluding steroid dienone is 1. The Bertz CT molecular complexity index is 609. The van der Waals surface area contributed by atoms with Crippen LogP contribution in [-0.2, 0) is 18.3 Å². The molecule has 22 heavy (non-hydrogen) atoms. The molecule has 0 aliphatic heterocycles. The summed E-state index contributed by atoms with van der Waals surface area (Å²) in [5.74, 6) is 0. The van der Waals surface area contributed by atoms with Crippen LogP contribution in [0, 0.1) is 0 Å². The van der Waals surface area contributed by atoms with E-state index in [4.69, 9.17) is 0 Å². The van der Waals surface area contributed by atoms with Gasteiger partial charge in [0.1, 0.15) is 0 Å². The van der Waals surface area contributed by atoms with Gasteiger partial charge in [0.2, 0.25) is 0 Å². The SMILES string of the molecule is C=CCC1(CCNC)c2ccccc2CCc2ccccc21. The van der Waals surface area contributed by atoms with Gasteiger partial charge in [-0.05, 0) is 61.5 Å². The summed E-state index contributed by atoms with van der Waals surface area (Å²) in [6.07, 6.45) is 6.44. The fourth-order valence-electron chi connectivity index (χ4n) is 4.00. The quantitative estimate of drug-likeness (QED) is 0.812. The predicted molar refractivity (Wildman–Crippen MR) is 94.4 cm³/mol. The average molecular weight is 291 g/mol. The molecule has 3 rings (SSSR count). The van der Waals surface area contributed by atoms with Crippen molar-refractivity contribution in [2.75, 3.05) is 13.6 Å². The van der Waals surface area contributed by atoms with Crippen LogP contribution >= 0.6 is 0 Å². The molecular weight excluding hydrogens is 266 g/mol. The van der Waals surface area contributed by atoms with E-state index in [9.17, 15) is 0 Å². The second-order valence-electron chi connectivity index (χ2n) is 6.24. The highest BCUT2D eigenvalue weighted by Crippen LogP contribution is 2.44. The van der Waals surface area contributed by atoms with Gasteiger partial charge in [0.25, 0.3) is 0 Å². The third kappa shape index (κ3) is 2.50. The van der Waals surface area contributed by atoms with Crippen molar-refractivity contribution in [3.63, 3.8) is 0 Å². The predicted octanol–water partition coefficient (Wildman–Crippen LogP) is 4.26. The number of benzene rings is 2. The van der Waals surface area contributed by atoms with E-state index in [0.29, 0.717) is 0 Å². The van der Waals surface area contributed by atoms with Gasteiger partial charge < -0.3 is 5.32 Å². The van der Waals surface area contributed by atoms with Crippen LogP contribution in [0.15, 0.2) is 61.2 Å². The maximum Gasteiger partial charge on any atom is 0.0254 e. The Morgan fingerprint density at radius 1 is 1.00 bits per heavy atom. The Morgan fingerprint density at radius 3 is 2.05 bits per heavy atom. The second kappa shape index (κ2) is 6.50. The van der Waals surface area contributed by atoms with Crippen LogP contribution in [0.4, 0.5) is 0 Å². The van der Waals surface area contributed by atoms with Crippen molar-refractivity contribution in [1.29, 1.82) is 0 Å². The summed E-state index contributed by atoms with van der Waals surface area (Å²) in [7, 11) is 2.04. The van der Waals surface area contributed by atoms with Gasteiger partial charge >= 0.3 is 0 Å². The van der Waals surface area contributed by atoms with Gasteiger partial charge in [0.15, 0.2) is 0 Å². The van der Waals surface area contributed by atoms with Crippen LogP contribution in [0.1, 0.15) is 35.1 Å². The summed E-state index contributed by atoms with van der Waals surface area (Å²) in [5.41, 5.74) is 6.03. The first-order chi connectivity index (χ1) is 10.8. The third-order valence-corrected chi connectivity index (χ3v) is 5.02. The van der Waals surface area contributed by atoms with Crippen LogP contribution in [0.2, 0.25) is 0 Å². The van der Waals surface area contributed by atoms with Crippen molar-refractivity contribution in [1.82, 2.24) is 5.32 Å². The lowest BCUT2D eigenvalue weighted by atomic mass is 9.68. The van der Waals surface area contributed by atoms with Gasteiger partial charge in [0, 0.05) is 5.41 Å². The molecular formula is C21H25N. The molecule has 1 heteroatoms. The van der Waals surface area contributed by atoms with E-state index in [0.717, 1.165) is 32.2 Å². The van der Waals surface area contributed by atoms with E-state index in [1.165, 1.54) is 22.3 Å². The number of hydrogen-bond acceptors (Lipinski definition) is 1. The largest absolute Gasteiger partial charge is 0.320 e. The molecule has 0 saturated carbocycles. The summed E-state index contributed by atoms with van der Waals surface area (Å²) < 4.78 is 0. The molecule has 1 aliphatic rings. The zero-order chi connectivity index (χ0) is 15.4. The summed E-state index contributed by atoms with van der Waals surface area (Å²) >= 11 is 0. The molecule has 1 N–H and O–H groups in total. The Hall–Kier alpha value is -1.86. The highest BCUT2D eigenvalue weighted by atomic mass is 14.8. The minimum atomic E-state index is 0.0500. The standard InChI is InChI=1S/C21H25N/c1-3-14-21(15-16-22-2)19-10-6-4-8-17(19)12-13-18-9-5-7-11-20(18)21/h3-11,22H,1,12-16H2,2H3. The molecule has 0 atom stereocenters. The Morgan fingerprint density at radius 2 is 1.55 bits per heavy atom. The lowest BCUT2D eigenvalue weighted by molar-refractivity contribution is 0.465. The molecule has 0 heterocycles. The van der Waals surface area contributed by atoms with Crippen molar-refractivity contribution in [2.45, 2.75) is 31.1 Å². The van der Waals surface area contributed by atoms with Crippen molar-refractivity contribution < 1.29 is 0 Å². The maximum absolute atomic E-state index is 4.06. The number of fused-ring (bicyclic) bond motifs is 2. The summed E-state index contributed by atoms with van der Waals surface area (Å²) in [4.78, 5) is 0. The van der Waals surface area contributed by atoms with E-state index in [-0.39, 0.29) is 5.41 Å². The molecule has 0 fully saturated rings. The van der Waals surface area contributed by atoms with E-state index in [1.54, 1.807) is 0 Å². The third-order valence-electron chi connectivity index (χ3n) is 5.02. The lowest BCUT2D eigenvalue weighted by Gasteiger charge is -2.36. The van der Waals surface area contributed by atoms with Gasteiger partial charge in [-0.2, -0.15) is 0 Å². The highest BCUT2D eigenvalue weighted by Gasteiger charge is 2.37. The fraction of sp³-hybridized carbons (Fsp3) is 0.333. The summed E-state index contributed by atoms with van der Waals surface area (Å²) in [6, 6.07) is 18.0.